The van der Waals surface area contributed by atoms with Gasteiger partial charge in [-0.1, -0.05) is 19.1 Å². The van der Waals surface area contributed by atoms with Crippen molar-refractivity contribution in [3.05, 3.63) is 24.3 Å². The SMILES string of the molecule is CCOc1ccccc1OCCNCC1CC1C. The van der Waals surface area contributed by atoms with E-state index in [1.165, 1.54) is 6.42 Å². The van der Waals surface area contributed by atoms with Crippen molar-refractivity contribution in [3.8, 4) is 11.5 Å². The molecule has 0 amide bonds. The van der Waals surface area contributed by atoms with Crippen LogP contribution in [0.4, 0.5) is 0 Å². The van der Waals surface area contributed by atoms with Crippen LogP contribution in [0.5, 0.6) is 11.5 Å². The van der Waals surface area contributed by atoms with E-state index in [0.717, 1.165) is 36.4 Å². The van der Waals surface area contributed by atoms with Crippen molar-refractivity contribution in [2.24, 2.45) is 11.8 Å². The number of benzene rings is 1. The van der Waals surface area contributed by atoms with Gasteiger partial charge in [-0.25, -0.2) is 0 Å². The number of ether oxygens (including phenoxy) is 2. The lowest BCUT2D eigenvalue weighted by atomic mass is 10.3. The Morgan fingerprint density at radius 1 is 1.22 bits per heavy atom. The fraction of sp³-hybridized carbons (Fsp3) is 0.600. The van der Waals surface area contributed by atoms with Crippen molar-refractivity contribution in [2.45, 2.75) is 20.3 Å². The average Bonchev–Trinajstić information content (AvgIpc) is 3.07. The van der Waals surface area contributed by atoms with Gasteiger partial charge in [0.1, 0.15) is 6.61 Å². The van der Waals surface area contributed by atoms with Gasteiger partial charge in [-0.2, -0.15) is 0 Å². The molecule has 1 aliphatic rings. The first kappa shape index (κ1) is 13.2. The molecule has 2 atom stereocenters. The van der Waals surface area contributed by atoms with Gasteiger partial charge < -0.3 is 14.8 Å². The predicted octanol–water partition coefficient (Wildman–Crippen LogP) is 2.71. The van der Waals surface area contributed by atoms with E-state index in [2.05, 4.69) is 12.2 Å². The second-order valence-electron chi connectivity index (χ2n) is 4.91. The largest absolute Gasteiger partial charge is 0.490 e. The molecule has 0 aromatic heterocycles. The van der Waals surface area contributed by atoms with Crippen LogP contribution in [0.3, 0.4) is 0 Å². The lowest BCUT2D eigenvalue weighted by Gasteiger charge is -2.11. The maximum Gasteiger partial charge on any atom is 0.161 e. The molecule has 2 unspecified atom stereocenters. The van der Waals surface area contributed by atoms with Crippen LogP contribution < -0.4 is 14.8 Å². The van der Waals surface area contributed by atoms with E-state index < -0.39 is 0 Å². The molecule has 1 aromatic rings. The van der Waals surface area contributed by atoms with Crippen molar-refractivity contribution in [2.75, 3.05) is 26.3 Å². The molecular formula is C15H23NO2. The summed E-state index contributed by atoms with van der Waals surface area (Å²) in [6.45, 7) is 7.65. The Bertz CT molecular complexity index is 367. The second kappa shape index (κ2) is 6.64. The fourth-order valence-electron chi connectivity index (χ4n) is 2.05. The minimum Gasteiger partial charge on any atom is -0.490 e. The summed E-state index contributed by atoms with van der Waals surface area (Å²) < 4.78 is 11.2. The van der Waals surface area contributed by atoms with Crippen LogP contribution in [-0.4, -0.2) is 26.3 Å². The molecule has 100 valence electrons. The summed E-state index contributed by atoms with van der Waals surface area (Å²) in [5.41, 5.74) is 0. The molecule has 0 radical (unpaired) electrons. The molecular weight excluding hydrogens is 226 g/mol. The van der Waals surface area contributed by atoms with E-state index in [1.807, 2.05) is 31.2 Å². The van der Waals surface area contributed by atoms with Crippen LogP contribution in [0.15, 0.2) is 24.3 Å². The number of rotatable bonds is 8. The molecule has 1 fully saturated rings. The Balaban J connectivity index is 1.66. The number of hydrogen-bond donors (Lipinski definition) is 1. The van der Waals surface area contributed by atoms with Gasteiger partial charge in [0.15, 0.2) is 11.5 Å². The van der Waals surface area contributed by atoms with Gasteiger partial charge >= 0.3 is 0 Å². The summed E-state index contributed by atoms with van der Waals surface area (Å²) in [6.07, 6.45) is 1.38. The van der Waals surface area contributed by atoms with Crippen LogP contribution in [0.1, 0.15) is 20.3 Å². The van der Waals surface area contributed by atoms with Crippen LogP contribution in [-0.2, 0) is 0 Å². The molecule has 1 saturated carbocycles. The van der Waals surface area contributed by atoms with Gasteiger partial charge in [0.05, 0.1) is 6.61 Å². The van der Waals surface area contributed by atoms with E-state index in [1.54, 1.807) is 0 Å². The monoisotopic (exact) mass is 249 g/mol. The maximum absolute atomic E-state index is 5.73. The number of hydrogen-bond acceptors (Lipinski definition) is 3. The molecule has 1 N–H and O–H groups in total. The first-order chi connectivity index (χ1) is 8.81. The fourth-order valence-corrected chi connectivity index (χ4v) is 2.05. The Morgan fingerprint density at radius 2 is 1.89 bits per heavy atom. The lowest BCUT2D eigenvalue weighted by molar-refractivity contribution is 0.275. The average molecular weight is 249 g/mol. The molecule has 0 spiro atoms. The van der Waals surface area contributed by atoms with E-state index in [9.17, 15) is 0 Å². The van der Waals surface area contributed by atoms with Crippen molar-refractivity contribution in [3.63, 3.8) is 0 Å². The molecule has 0 bridgehead atoms. The summed E-state index contributed by atoms with van der Waals surface area (Å²) in [5, 5.41) is 3.43. The highest BCUT2D eigenvalue weighted by molar-refractivity contribution is 5.39. The first-order valence-electron chi connectivity index (χ1n) is 6.86. The third-order valence-corrected chi connectivity index (χ3v) is 3.37. The van der Waals surface area contributed by atoms with E-state index >= 15 is 0 Å². The Kier molecular flexibility index (Phi) is 4.88. The Labute approximate surface area is 109 Å². The first-order valence-corrected chi connectivity index (χ1v) is 6.86. The molecule has 1 aromatic carbocycles. The zero-order valence-corrected chi connectivity index (χ0v) is 11.3. The van der Waals surface area contributed by atoms with Crippen LogP contribution >= 0.6 is 0 Å². The molecule has 1 aliphatic carbocycles. The number of nitrogens with one attached hydrogen (secondary N) is 1. The normalized spacial score (nSPS) is 21.7. The van der Waals surface area contributed by atoms with Gasteiger partial charge in [-0.3, -0.25) is 0 Å². The van der Waals surface area contributed by atoms with E-state index in [0.29, 0.717) is 13.2 Å². The lowest BCUT2D eigenvalue weighted by Crippen LogP contribution is -2.23. The zero-order valence-electron chi connectivity index (χ0n) is 11.3. The maximum atomic E-state index is 5.73. The van der Waals surface area contributed by atoms with Crippen molar-refractivity contribution in [1.82, 2.24) is 5.32 Å². The summed E-state index contributed by atoms with van der Waals surface area (Å²) in [5.74, 6) is 3.47. The summed E-state index contributed by atoms with van der Waals surface area (Å²) in [7, 11) is 0. The summed E-state index contributed by atoms with van der Waals surface area (Å²) in [4.78, 5) is 0. The molecule has 3 heteroatoms. The smallest absolute Gasteiger partial charge is 0.161 e. The highest BCUT2D eigenvalue weighted by Gasteiger charge is 2.31. The highest BCUT2D eigenvalue weighted by atomic mass is 16.5. The predicted molar refractivity (Wildman–Crippen MR) is 73.2 cm³/mol. The van der Waals surface area contributed by atoms with Crippen molar-refractivity contribution < 1.29 is 9.47 Å². The minimum absolute atomic E-state index is 0.665. The summed E-state index contributed by atoms with van der Waals surface area (Å²) in [6, 6.07) is 7.83. The third-order valence-electron chi connectivity index (χ3n) is 3.37. The molecule has 2 rings (SSSR count). The van der Waals surface area contributed by atoms with Crippen LogP contribution in [0.2, 0.25) is 0 Å². The van der Waals surface area contributed by atoms with Gasteiger partial charge in [-0.05, 0) is 43.9 Å². The molecule has 0 heterocycles. The quantitative estimate of drug-likeness (QED) is 0.719. The van der Waals surface area contributed by atoms with Crippen LogP contribution in [0, 0.1) is 11.8 Å². The standard InChI is InChI=1S/C15H23NO2/c1-3-17-14-6-4-5-7-15(14)18-9-8-16-11-13-10-12(13)2/h4-7,12-13,16H,3,8-11H2,1-2H3. The summed E-state index contributed by atoms with van der Waals surface area (Å²) >= 11 is 0. The molecule has 3 nitrogen and oxygen atoms in total. The zero-order chi connectivity index (χ0) is 12.8. The van der Waals surface area contributed by atoms with Crippen molar-refractivity contribution in [1.29, 1.82) is 0 Å². The number of para-hydroxylation sites is 2. The second-order valence-corrected chi connectivity index (χ2v) is 4.91. The molecule has 0 saturated heterocycles. The topological polar surface area (TPSA) is 30.5 Å². The minimum atomic E-state index is 0.665. The Hall–Kier alpha value is -1.22. The van der Waals surface area contributed by atoms with Crippen molar-refractivity contribution >= 4 is 0 Å². The molecule has 0 aliphatic heterocycles. The van der Waals surface area contributed by atoms with Crippen LogP contribution in [0.25, 0.3) is 0 Å². The molecule has 18 heavy (non-hydrogen) atoms. The van der Waals surface area contributed by atoms with Gasteiger partial charge in [0.25, 0.3) is 0 Å². The van der Waals surface area contributed by atoms with Gasteiger partial charge in [-0.15, -0.1) is 0 Å². The van der Waals surface area contributed by atoms with E-state index in [-0.39, 0.29) is 0 Å². The highest BCUT2D eigenvalue weighted by Crippen LogP contribution is 2.36. The Morgan fingerprint density at radius 3 is 2.50 bits per heavy atom. The third kappa shape index (κ3) is 3.91. The van der Waals surface area contributed by atoms with E-state index in [4.69, 9.17) is 9.47 Å². The van der Waals surface area contributed by atoms with Gasteiger partial charge in [0, 0.05) is 6.54 Å². The van der Waals surface area contributed by atoms with Gasteiger partial charge in [0.2, 0.25) is 0 Å².